The highest BCUT2D eigenvalue weighted by molar-refractivity contribution is 7.03. The van der Waals surface area contributed by atoms with Gasteiger partial charge in [0.25, 0.3) is 0 Å². The first-order valence-electron chi connectivity index (χ1n) is 51.0. The van der Waals surface area contributed by atoms with Crippen LogP contribution in [0.4, 0.5) is 11.4 Å². The Morgan fingerprint density at radius 3 is 2.11 bits per heavy atom. The van der Waals surface area contributed by atoms with Gasteiger partial charge in [0, 0.05) is 164 Å². The van der Waals surface area contributed by atoms with Crippen molar-refractivity contribution >= 4 is 104 Å². The number of carbonyl (C=O) groups is 1. The summed E-state index contributed by atoms with van der Waals surface area (Å²) in [5.74, 6) is 1.33. The Morgan fingerprint density at radius 2 is 1.41 bits per heavy atom. The largest absolute Gasteiger partial charge is 0.382 e. The van der Waals surface area contributed by atoms with Crippen LogP contribution in [-0.2, 0) is 17.6 Å². The molecule has 32 nitrogen and oxygen atoms in total. The van der Waals surface area contributed by atoms with Gasteiger partial charge in [-0.1, -0.05) is 121 Å². The minimum absolute atomic E-state index is 0.00944. The average molecular weight is 1960 g/mol. The van der Waals surface area contributed by atoms with Crippen LogP contribution in [0.5, 0.6) is 0 Å². The lowest BCUT2D eigenvalue weighted by molar-refractivity contribution is -0.126. The number of aromatic nitrogens is 14. The Balaban J connectivity index is 0.000000129. The third-order valence-electron chi connectivity index (χ3n) is 29.1. The van der Waals surface area contributed by atoms with E-state index in [1.54, 1.807) is 6.08 Å². The predicted octanol–water partition coefficient (Wildman–Crippen LogP) is 17.4. The van der Waals surface area contributed by atoms with E-state index in [-0.39, 0.29) is 66.0 Å². The normalized spacial score (nSPS) is 21.4. The Bertz CT molecular complexity index is 6390. The first-order chi connectivity index (χ1) is 69.2. The number of likely N-dealkylation sites (N-methyl/N-ethyl adjacent to an activating group) is 1. The number of carbonyl (C=O) groups excluding carboxylic acids is 1. The molecule has 8 aliphatic heterocycles. The molecule has 2 fully saturated rings. The van der Waals surface area contributed by atoms with Crippen LogP contribution in [0.2, 0.25) is 0 Å². The number of nitrogens with two attached hydrogens (primary N) is 1. The zero-order chi connectivity index (χ0) is 99.6. The summed E-state index contributed by atoms with van der Waals surface area (Å²) < 4.78 is 12.7. The number of anilines is 2. The minimum Gasteiger partial charge on any atom is -0.382 e. The number of nitrogens with one attached hydrogen (secondary N) is 11. The van der Waals surface area contributed by atoms with E-state index in [4.69, 9.17) is 15.7 Å². The SMILES string of the molecule is C=CC(=O)N1CCN(c2cc3[nH]ncc3cc2NC(/C(=C/C)CCC)c2cn[nH]c2C)CC1.C=CC1NN=CC1C1=CNC(c2csnn2)C=C1CCCC.C=Cc1nsnc1C1=CNC(c2cn[nH]c2C)C=C1CCCC.CCCc1c(-c2cn[nH]c2C)nc2c(c1C)C1C=NNC1C=C2N(CC)CCCN1CCN(C)CC1.CCCc1c(C2=CCC3NN=C(N)C3=C2)nc2c(c1C)C1C(C)=NNC1C=C2. The van der Waals surface area contributed by atoms with Crippen molar-refractivity contribution in [2.24, 2.45) is 32.1 Å². The molecule has 0 spiro atoms. The van der Waals surface area contributed by atoms with Crippen molar-refractivity contribution < 1.29 is 4.79 Å². The summed E-state index contributed by atoms with van der Waals surface area (Å²) in [4.78, 5) is 34.4. The topological polar surface area (TPSA) is 385 Å². The summed E-state index contributed by atoms with van der Waals surface area (Å²) in [6.07, 6.45) is 53.9. The first kappa shape index (κ1) is 102. The number of rotatable bonds is 32. The monoisotopic (exact) mass is 1950 g/mol. The Morgan fingerprint density at radius 1 is 0.683 bits per heavy atom. The predicted molar refractivity (Wildman–Crippen MR) is 580 cm³/mol. The minimum atomic E-state index is -0.00944. The molecule has 142 heavy (non-hydrogen) atoms. The number of amidine groups is 1. The van der Waals surface area contributed by atoms with Gasteiger partial charge in [-0.15, -0.1) is 11.7 Å². The van der Waals surface area contributed by atoms with Gasteiger partial charge in [-0.25, -0.2) is 9.97 Å². The molecule has 0 radical (unpaired) electrons. The number of hydrogen-bond donors (Lipinski definition) is 12. The molecule has 1 amide bonds. The van der Waals surface area contributed by atoms with Gasteiger partial charge in [0.2, 0.25) is 5.91 Å². The maximum atomic E-state index is 12.0. The second-order valence-electron chi connectivity index (χ2n) is 38.3. The van der Waals surface area contributed by atoms with E-state index < -0.39 is 0 Å². The molecule has 13 N–H and O–H groups in total. The van der Waals surface area contributed by atoms with Crippen LogP contribution in [0.15, 0.2) is 177 Å². The molecule has 748 valence electrons. The van der Waals surface area contributed by atoms with E-state index in [1.165, 1.54) is 135 Å². The number of unbranched alkanes of at least 4 members (excludes halogenated alkanes) is 2. The van der Waals surface area contributed by atoms with Crippen molar-refractivity contribution in [3.63, 3.8) is 0 Å². The molecule has 10 unspecified atom stereocenters. The van der Waals surface area contributed by atoms with Crippen molar-refractivity contribution in [3.05, 3.63) is 253 Å². The molecule has 9 aromatic rings. The third kappa shape index (κ3) is 22.4. The van der Waals surface area contributed by atoms with Gasteiger partial charge in [0.05, 0.1) is 130 Å². The second-order valence-corrected chi connectivity index (χ2v) is 39.4. The number of dihydropyridines is 2. The number of aryl methyl sites for hydroxylation is 3. The lowest BCUT2D eigenvalue weighted by Gasteiger charge is -2.37. The number of piperazine rings is 2. The van der Waals surface area contributed by atoms with Gasteiger partial charge in [0.15, 0.2) is 0 Å². The molecule has 0 saturated carbocycles. The molecule has 2 saturated heterocycles. The summed E-state index contributed by atoms with van der Waals surface area (Å²) in [6, 6.07) is 5.38. The van der Waals surface area contributed by atoms with E-state index in [1.807, 2.05) is 54.3 Å². The number of pyridine rings is 2. The number of H-pyrrole nitrogens is 4. The highest BCUT2D eigenvalue weighted by Gasteiger charge is 2.41. The fourth-order valence-corrected chi connectivity index (χ4v) is 22.1. The van der Waals surface area contributed by atoms with E-state index in [0.717, 1.165) is 223 Å². The van der Waals surface area contributed by atoms with Crippen LogP contribution >= 0.6 is 23.3 Å². The summed E-state index contributed by atoms with van der Waals surface area (Å²) >= 11 is 2.62. The van der Waals surface area contributed by atoms with Gasteiger partial charge in [-0.2, -0.15) is 49.5 Å². The number of amides is 1. The van der Waals surface area contributed by atoms with E-state index in [0.29, 0.717) is 18.9 Å². The average Bonchev–Trinajstić information content (AvgIpc) is 1.45. The quantitative estimate of drug-likeness (QED) is 0.0138. The van der Waals surface area contributed by atoms with Gasteiger partial charge in [-0.05, 0) is 242 Å². The lowest BCUT2D eigenvalue weighted by atomic mass is 9.79. The third-order valence-corrected chi connectivity index (χ3v) is 30.2. The first-order valence-corrected chi connectivity index (χ1v) is 52.5. The molecule has 0 bridgehead atoms. The molecule has 3 aliphatic carbocycles. The van der Waals surface area contributed by atoms with Gasteiger partial charge in [0.1, 0.15) is 22.9 Å². The highest BCUT2D eigenvalue weighted by atomic mass is 32.1. The van der Waals surface area contributed by atoms with Crippen LogP contribution in [0.25, 0.3) is 51.2 Å². The fourth-order valence-electron chi connectivity index (χ4n) is 21.1. The molecular weight excluding hydrogens is 1810 g/mol. The smallest absolute Gasteiger partial charge is 0.246 e. The number of nitrogens with zero attached hydrogens (tertiary/aromatic N) is 19. The Hall–Kier alpha value is -13.3. The van der Waals surface area contributed by atoms with E-state index in [2.05, 4.69) is 326 Å². The highest BCUT2D eigenvalue weighted by Crippen LogP contribution is 2.46. The maximum Gasteiger partial charge on any atom is 0.246 e. The van der Waals surface area contributed by atoms with Crippen LogP contribution in [0.1, 0.15) is 258 Å². The second kappa shape index (κ2) is 47.5. The molecular formula is C108H143N31OS2. The summed E-state index contributed by atoms with van der Waals surface area (Å²) in [5.41, 5.74) is 55.0. The number of fused-ring (bicyclic) bond motifs is 8. The zero-order valence-corrected chi connectivity index (χ0v) is 86.7. The number of hydrogen-bond acceptors (Lipinski definition) is 29. The number of benzene rings is 1. The molecule has 8 aromatic heterocycles. The Labute approximate surface area is 844 Å². The molecule has 1 aromatic carbocycles. The molecule has 34 heteroatoms. The number of allylic oxidation sites excluding steroid dienone is 6. The van der Waals surface area contributed by atoms with Crippen LogP contribution in [-0.4, -0.2) is 222 Å². The van der Waals surface area contributed by atoms with E-state index >= 15 is 0 Å². The van der Waals surface area contributed by atoms with Crippen LogP contribution < -0.4 is 48.3 Å². The van der Waals surface area contributed by atoms with Gasteiger partial charge in [-0.3, -0.25) is 25.2 Å². The van der Waals surface area contributed by atoms with E-state index in [9.17, 15) is 4.79 Å². The standard InChI is InChI=1S/C28H42N8.C25H33N7O.C22H26N6.C17H21N5S.C16H21N5S/c1-6-9-21-19(3)26-23-18-30-33-24(23)16-25(28(26)31-27(21)22-17-29-32-20(22)4)36(7-2)11-8-10-35-14-12-34(5)13-15-35;1-5-8-18(6-2)25(20-16-27-29-17(20)4)28-22-13-19-15-26-30-21(19)14-23(22)31-9-11-32(12-10-31)24(33)7-3;1-4-5-14-11(2)19-17(8-9-18-20(19)12(3)25-27-18)24-21(14)13-6-7-16-15(10-13)22(23)28-26-16;1-4-6-7-12-8-16(13-10-19-20-11(13)3)18-9-14(12)17-15(5-2)21-23-22-17;1-3-5-6-11-7-15(16-10-22-21-20-16)17-8-12(11)13-9-18-19-14(13)4-2/h16-18,23-24,33H,6-15H2,1-5H3,(H,29,32);6-7,13-16,25,28H,3,5,8-12H2,1-2,4H3,(H,26,30)(H,27,29);6,8-10,16,18,20,26-27H,4-5,7H2,1-3H3,(H2,23,28);5,8-10,16,18H,2,4,6-7H2,1,3H3,(H,19,20);4,7-10,13-15,17,19H,2-3,5-6H2,1H3/b;18-6+;;;. The fraction of sp³-hybridized carbons (Fsp3) is 0.454. The van der Waals surface area contributed by atoms with Crippen molar-refractivity contribution in [2.45, 2.75) is 234 Å². The molecule has 20 rings (SSSR count). The summed E-state index contributed by atoms with van der Waals surface area (Å²) in [5, 5.41) is 64.7. The number of aromatic amines is 4. The van der Waals surface area contributed by atoms with Gasteiger partial charge >= 0.3 is 0 Å². The molecule has 11 aliphatic rings. The van der Waals surface area contributed by atoms with Crippen LogP contribution in [0.3, 0.4) is 0 Å². The molecule has 10 atom stereocenters. The number of hydrazone groups is 4. The lowest BCUT2D eigenvalue weighted by Crippen LogP contribution is -2.48. The van der Waals surface area contributed by atoms with Crippen molar-refractivity contribution in [3.8, 4) is 11.3 Å². The molecule has 16 heterocycles. The maximum absolute atomic E-state index is 12.0. The van der Waals surface area contributed by atoms with Crippen molar-refractivity contribution in [1.82, 2.24) is 121 Å². The van der Waals surface area contributed by atoms with Crippen molar-refractivity contribution in [2.75, 3.05) is 89.3 Å². The zero-order valence-electron chi connectivity index (χ0n) is 85.1. The summed E-state index contributed by atoms with van der Waals surface area (Å²) in [7, 11) is 2.22. The van der Waals surface area contributed by atoms with Gasteiger partial charge < -0.3 is 67.9 Å². The van der Waals surface area contributed by atoms with Crippen LogP contribution in [0, 0.1) is 40.5 Å². The summed E-state index contributed by atoms with van der Waals surface area (Å²) in [6.45, 7) is 50.4. The Kier molecular flexibility index (Phi) is 34.0. The van der Waals surface area contributed by atoms with Crippen molar-refractivity contribution in [1.29, 1.82) is 0 Å².